The summed E-state index contributed by atoms with van der Waals surface area (Å²) in [5.74, 6) is -0.116. The molecule has 0 aromatic rings. The van der Waals surface area contributed by atoms with Crippen LogP contribution in [0.5, 0.6) is 0 Å². The van der Waals surface area contributed by atoms with E-state index in [-0.39, 0.29) is 34.7 Å². The number of piperidine rings is 1. The van der Waals surface area contributed by atoms with Crippen LogP contribution in [0.3, 0.4) is 0 Å². The van der Waals surface area contributed by atoms with Gasteiger partial charge in [-0.3, -0.25) is 9.59 Å². The molecule has 20 heavy (non-hydrogen) atoms. The lowest BCUT2D eigenvalue weighted by Gasteiger charge is -2.39. The fourth-order valence-electron chi connectivity index (χ4n) is 3.55. The molecule has 0 bridgehead atoms. The summed E-state index contributed by atoms with van der Waals surface area (Å²) < 4.78 is 22.9. The molecule has 3 rings (SSSR count). The van der Waals surface area contributed by atoms with Gasteiger partial charge < -0.3 is 10.2 Å². The zero-order valence-corrected chi connectivity index (χ0v) is 12.2. The highest BCUT2D eigenvalue weighted by molar-refractivity contribution is 7.91. The first-order chi connectivity index (χ1) is 9.39. The van der Waals surface area contributed by atoms with Crippen LogP contribution in [0, 0.1) is 11.3 Å². The average Bonchev–Trinajstić information content (AvgIpc) is 2.93. The quantitative estimate of drug-likeness (QED) is 0.711. The summed E-state index contributed by atoms with van der Waals surface area (Å²) >= 11 is 0. The van der Waals surface area contributed by atoms with Crippen molar-refractivity contribution in [1.82, 2.24) is 10.2 Å². The smallest absolute Gasteiger partial charge is 0.226 e. The number of carbonyl (C=O) groups is 2. The molecule has 3 aliphatic heterocycles. The van der Waals surface area contributed by atoms with Gasteiger partial charge in [0, 0.05) is 26.1 Å². The van der Waals surface area contributed by atoms with Crippen LogP contribution in [0.15, 0.2) is 0 Å². The molecule has 2 amide bonds. The second kappa shape index (κ2) is 4.72. The summed E-state index contributed by atoms with van der Waals surface area (Å²) in [6, 6.07) is 0. The third kappa shape index (κ3) is 2.55. The molecule has 0 aliphatic carbocycles. The number of hydrogen-bond donors (Lipinski definition) is 1. The molecule has 3 fully saturated rings. The highest BCUT2D eigenvalue weighted by atomic mass is 32.2. The number of rotatable bonds is 1. The van der Waals surface area contributed by atoms with Crippen LogP contribution in [-0.2, 0) is 19.4 Å². The number of hydrogen-bond acceptors (Lipinski definition) is 4. The second-order valence-corrected chi connectivity index (χ2v) is 8.61. The Morgan fingerprint density at radius 2 is 2.00 bits per heavy atom. The molecule has 0 saturated carbocycles. The molecule has 3 heterocycles. The topological polar surface area (TPSA) is 83.6 Å². The Bertz CT molecular complexity index is 535. The largest absolute Gasteiger partial charge is 0.356 e. The highest BCUT2D eigenvalue weighted by Gasteiger charge is 2.43. The maximum atomic E-state index is 12.3. The summed E-state index contributed by atoms with van der Waals surface area (Å²) in [5, 5.41) is 2.87. The Balaban J connectivity index is 1.58. The predicted molar refractivity (Wildman–Crippen MR) is 72.6 cm³/mol. The van der Waals surface area contributed by atoms with Gasteiger partial charge >= 0.3 is 0 Å². The molecule has 7 heteroatoms. The van der Waals surface area contributed by atoms with E-state index in [1.807, 2.05) is 0 Å². The van der Waals surface area contributed by atoms with Crippen molar-refractivity contribution < 1.29 is 18.0 Å². The minimum Gasteiger partial charge on any atom is -0.356 e. The maximum Gasteiger partial charge on any atom is 0.226 e. The summed E-state index contributed by atoms with van der Waals surface area (Å²) in [6.07, 6.45) is 2.68. The number of nitrogens with zero attached hydrogens (tertiary/aromatic N) is 1. The minimum absolute atomic E-state index is 0.00746. The van der Waals surface area contributed by atoms with Crippen molar-refractivity contribution >= 4 is 21.7 Å². The molecular formula is C13H20N2O4S. The first-order valence-electron chi connectivity index (χ1n) is 7.15. The van der Waals surface area contributed by atoms with Crippen LogP contribution < -0.4 is 5.32 Å². The van der Waals surface area contributed by atoms with Crippen molar-refractivity contribution in [3.05, 3.63) is 0 Å². The number of carbonyl (C=O) groups excluding carboxylic acids is 2. The first-order valence-corrected chi connectivity index (χ1v) is 8.97. The van der Waals surface area contributed by atoms with E-state index in [9.17, 15) is 18.0 Å². The lowest BCUT2D eigenvalue weighted by atomic mass is 9.77. The van der Waals surface area contributed by atoms with Gasteiger partial charge in [0.05, 0.1) is 17.4 Å². The standard InChI is InChI=1S/C13H20N2O4S/c16-11-7-13(9-14-11)2-4-15(5-3-13)12(17)10-1-6-20(18,19)8-10/h10H,1-9H2,(H,14,16). The summed E-state index contributed by atoms with van der Waals surface area (Å²) in [4.78, 5) is 25.5. The molecule has 0 radical (unpaired) electrons. The van der Waals surface area contributed by atoms with Gasteiger partial charge in [0.2, 0.25) is 11.8 Å². The van der Waals surface area contributed by atoms with Crippen LogP contribution in [-0.4, -0.2) is 56.3 Å². The van der Waals surface area contributed by atoms with Gasteiger partial charge in [-0.05, 0) is 24.7 Å². The molecule has 0 aromatic heterocycles. The zero-order valence-electron chi connectivity index (χ0n) is 11.4. The van der Waals surface area contributed by atoms with E-state index in [4.69, 9.17) is 0 Å². The summed E-state index contributed by atoms with van der Waals surface area (Å²) in [7, 11) is -3.01. The Hall–Kier alpha value is -1.11. The van der Waals surface area contributed by atoms with Crippen LogP contribution in [0.1, 0.15) is 25.7 Å². The molecular weight excluding hydrogens is 280 g/mol. The minimum atomic E-state index is -3.01. The van der Waals surface area contributed by atoms with Crippen LogP contribution in [0.4, 0.5) is 0 Å². The lowest BCUT2D eigenvalue weighted by molar-refractivity contribution is -0.137. The first kappa shape index (κ1) is 13.9. The fraction of sp³-hybridized carbons (Fsp3) is 0.846. The van der Waals surface area contributed by atoms with E-state index in [1.165, 1.54) is 0 Å². The van der Waals surface area contributed by atoms with Gasteiger partial charge in [0.25, 0.3) is 0 Å². The second-order valence-electron chi connectivity index (χ2n) is 6.38. The van der Waals surface area contributed by atoms with E-state index < -0.39 is 9.84 Å². The highest BCUT2D eigenvalue weighted by Crippen LogP contribution is 2.38. The average molecular weight is 300 g/mol. The normalized spacial score (nSPS) is 31.5. The van der Waals surface area contributed by atoms with Gasteiger partial charge in [0.15, 0.2) is 9.84 Å². The Labute approximate surface area is 118 Å². The van der Waals surface area contributed by atoms with E-state index in [0.29, 0.717) is 32.5 Å². The van der Waals surface area contributed by atoms with Gasteiger partial charge in [-0.1, -0.05) is 0 Å². The van der Waals surface area contributed by atoms with Crippen molar-refractivity contribution in [1.29, 1.82) is 0 Å². The third-order valence-electron chi connectivity index (χ3n) is 4.91. The molecule has 1 spiro atoms. The molecule has 1 N–H and O–H groups in total. The maximum absolute atomic E-state index is 12.3. The molecule has 6 nitrogen and oxygen atoms in total. The monoisotopic (exact) mass is 300 g/mol. The zero-order chi connectivity index (χ0) is 14.4. The summed E-state index contributed by atoms with van der Waals surface area (Å²) in [6.45, 7) is 2.00. The van der Waals surface area contributed by atoms with Crippen molar-refractivity contribution in [3.8, 4) is 0 Å². The SMILES string of the molecule is O=C1CC2(CCN(C(=O)C3CCS(=O)(=O)C3)CC2)CN1. The molecule has 0 aromatic carbocycles. The van der Waals surface area contributed by atoms with Crippen LogP contribution >= 0.6 is 0 Å². The van der Waals surface area contributed by atoms with E-state index in [2.05, 4.69) is 5.32 Å². The molecule has 3 saturated heterocycles. The molecule has 1 unspecified atom stereocenters. The molecule has 1 atom stereocenters. The van der Waals surface area contributed by atoms with E-state index >= 15 is 0 Å². The Kier molecular flexibility index (Phi) is 3.27. The number of likely N-dealkylation sites (tertiary alicyclic amines) is 1. The Morgan fingerprint density at radius 1 is 1.30 bits per heavy atom. The van der Waals surface area contributed by atoms with Crippen molar-refractivity contribution in [2.75, 3.05) is 31.1 Å². The number of sulfone groups is 1. The van der Waals surface area contributed by atoms with Crippen LogP contribution in [0.25, 0.3) is 0 Å². The molecule has 112 valence electrons. The third-order valence-corrected chi connectivity index (χ3v) is 6.68. The Morgan fingerprint density at radius 3 is 2.50 bits per heavy atom. The van der Waals surface area contributed by atoms with Gasteiger partial charge in [-0.25, -0.2) is 8.42 Å². The predicted octanol–water partition coefficient (Wildman–Crippen LogP) is -0.450. The number of nitrogens with one attached hydrogen (secondary N) is 1. The number of amides is 2. The van der Waals surface area contributed by atoms with Gasteiger partial charge in [-0.15, -0.1) is 0 Å². The summed E-state index contributed by atoms with van der Waals surface area (Å²) in [5.41, 5.74) is 0.0234. The van der Waals surface area contributed by atoms with Crippen molar-refractivity contribution in [2.24, 2.45) is 11.3 Å². The lowest BCUT2D eigenvalue weighted by Crippen LogP contribution is -2.46. The van der Waals surface area contributed by atoms with E-state index in [0.717, 1.165) is 12.8 Å². The van der Waals surface area contributed by atoms with E-state index in [1.54, 1.807) is 4.90 Å². The van der Waals surface area contributed by atoms with Gasteiger partial charge in [-0.2, -0.15) is 0 Å². The van der Waals surface area contributed by atoms with Crippen LogP contribution in [0.2, 0.25) is 0 Å². The molecule has 3 aliphatic rings. The van der Waals surface area contributed by atoms with Crippen molar-refractivity contribution in [3.63, 3.8) is 0 Å². The fourth-order valence-corrected chi connectivity index (χ4v) is 5.29. The van der Waals surface area contributed by atoms with Gasteiger partial charge in [0.1, 0.15) is 0 Å². The van der Waals surface area contributed by atoms with Crippen molar-refractivity contribution in [2.45, 2.75) is 25.7 Å².